The molecule has 78 heavy (non-hydrogen) atoms. The van der Waals surface area contributed by atoms with Gasteiger partial charge in [0.2, 0.25) is 8.32 Å². The Balaban J connectivity index is 1.54. The second kappa shape index (κ2) is 23.5. The van der Waals surface area contributed by atoms with Crippen LogP contribution in [0.5, 0.6) is 0 Å². The van der Waals surface area contributed by atoms with Gasteiger partial charge in [0.15, 0.2) is 8.32 Å². The first-order valence-electron chi connectivity index (χ1n) is 26.0. The standard InChI is InChI=1S/C66H63F6N3OSi2/c1-73(2)60-31-25-52(26-32-60)65-63(23-12-24-64(65)72)66(53-27-33-61(34-28-53)74(3)4,54-29-35-62(36-30-54)75(5)6)78(45-50-16-10-21-58(70)40-50,46-51-17-11-22-59(71)41-51)76-77(42-47-13-7-18-55(67)37-47,43-48-14-8-19-56(68)38-48)44-49-15-9-20-57(69)39-49/h7-41H,42-46H2,1-6H3. The van der Waals surface area contributed by atoms with Crippen molar-refractivity contribution in [3.63, 3.8) is 0 Å². The molecule has 0 aliphatic carbocycles. The summed E-state index contributed by atoms with van der Waals surface area (Å²) in [4.78, 5) is 5.96. The Bertz CT molecular complexity index is 3290. The fraction of sp³-hybridized carbons (Fsp3) is 0.182. The summed E-state index contributed by atoms with van der Waals surface area (Å²) >= 11 is 0. The van der Waals surface area contributed by atoms with Gasteiger partial charge >= 0.3 is 0 Å². The van der Waals surface area contributed by atoms with Gasteiger partial charge in [-0.25, -0.2) is 26.3 Å². The summed E-state index contributed by atoms with van der Waals surface area (Å²) in [6.07, 6.45) is 0. The van der Waals surface area contributed by atoms with E-state index in [1.54, 1.807) is 36.4 Å². The van der Waals surface area contributed by atoms with E-state index in [9.17, 15) is 0 Å². The maximum Gasteiger partial charge on any atom is 0.208 e. The minimum absolute atomic E-state index is 0.0475. The van der Waals surface area contributed by atoms with Crippen molar-refractivity contribution in [2.24, 2.45) is 0 Å². The molecule has 0 atom stereocenters. The van der Waals surface area contributed by atoms with Crippen LogP contribution in [-0.4, -0.2) is 58.9 Å². The molecule has 12 heteroatoms. The van der Waals surface area contributed by atoms with E-state index in [0.717, 1.165) is 17.1 Å². The lowest BCUT2D eigenvalue weighted by Crippen LogP contribution is -2.69. The van der Waals surface area contributed by atoms with Crippen LogP contribution in [0.4, 0.5) is 43.4 Å². The van der Waals surface area contributed by atoms with Gasteiger partial charge in [0.1, 0.15) is 34.9 Å². The average Bonchev–Trinajstić information content (AvgIpc) is 3.59. The number of hydrogen-bond acceptors (Lipinski definition) is 4. The molecule has 0 aliphatic rings. The quantitative estimate of drug-likeness (QED) is 0.0430. The Morgan fingerprint density at radius 3 is 0.987 bits per heavy atom. The van der Waals surface area contributed by atoms with E-state index in [-0.39, 0.29) is 30.2 Å². The number of rotatable bonds is 20. The molecule has 0 heterocycles. The minimum Gasteiger partial charge on any atom is -0.453 e. The van der Waals surface area contributed by atoms with Gasteiger partial charge in [-0.3, -0.25) is 0 Å². The molecule has 398 valence electrons. The maximum absolute atomic E-state index is 18.1. The first kappa shape index (κ1) is 55.1. The third-order valence-corrected chi connectivity index (χ3v) is 25.4. The van der Waals surface area contributed by atoms with Crippen LogP contribution in [0, 0.1) is 34.9 Å². The van der Waals surface area contributed by atoms with Crippen LogP contribution < -0.4 is 14.7 Å². The van der Waals surface area contributed by atoms with Gasteiger partial charge < -0.3 is 18.8 Å². The molecular formula is C66H63F6N3OSi2. The zero-order valence-corrected chi connectivity index (χ0v) is 46.8. The van der Waals surface area contributed by atoms with Gasteiger partial charge in [-0.05, 0) is 183 Å². The lowest BCUT2D eigenvalue weighted by Gasteiger charge is -2.55. The molecule has 0 aromatic heterocycles. The van der Waals surface area contributed by atoms with Crippen LogP contribution in [0.25, 0.3) is 11.1 Å². The van der Waals surface area contributed by atoms with Crippen molar-refractivity contribution in [3.8, 4) is 11.1 Å². The Kier molecular flexibility index (Phi) is 16.6. The predicted octanol–water partition coefficient (Wildman–Crippen LogP) is 15.1. The third-order valence-electron chi connectivity index (χ3n) is 14.8. The highest BCUT2D eigenvalue weighted by molar-refractivity contribution is 6.88. The molecule has 0 spiro atoms. The van der Waals surface area contributed by atoms with Crippen molar-refractivity contribution in [2.45, 2.75) is 35.3 Å². The summed E-state index contributed by atoms with van der Waals surface area (Å²) in [5.41, 5.74) is 8.42. The van der Waals surface area contributed by atoms with Crippen LogP contribution in [0.15, 0.2) is 212 Å². The number of anilines is 3. The Morgan fingerprint density at radius 2 is 0.667 bits per heavy atom. The van der Waals surface area contributed by atoms with Crippen molar-refractivity contribution in [3.05, 3.63) is 292 Å². The summed E-state index contributed by atoms with van der Waals surface area (Å²) in [5, 5.41) is -1.55. The molecule has 0 N–H and O–H groups in total. The predicted molar refractivity (Wildman–Crippen MR) is 311 cm³/mol. The monoisotopic (exact) mass is 1080 g/mol. The summed E-state index contributed by atoms with van der Waals surface area (Å²) in [6, 6.07) is 61.3. The molecule has 0 saturated carbocycles. The summed E-state index contributed by atoms with van der Waals surface area (Å²) < 4.78 is 107. The maximum atomic E-state index is 18.1. The van der Waals surface area contributed by atoms with Gasteiger partial charge in [-0.15, -0.1) is 0 Å². The Labute approximate surface area is 457 Å². The highest BCUT2D eigenvalue weighted by atomic mass is 28.4. The largest absolute Gasteiger partial charge is 0.453 e. The lowest BCUT2D eigenvalue weighted by atomic mass is 9.79. The van der Waals surface area contributed by atoms with Gasteiger partial charge in [-0.2, -0.15) is 0 Å². The molecule has 0 fully saturated rings. The summed E-state index contributed by atoms with van der Waals surface area (Å²) in [6.45, 7) is 0. The highest BCUT2D eigenvalue weighted by Gasteiger charge is 2.62. The minimum atomic E-state index is -4.52. The normalized spacial score (nSPS) is 11.9. The van der Waals surface area contributed by atoms with E-state index in [1.165, 1.54) is 66.7 Å². The van der Waals surface area contributed by atoms with Crippen LogP contribution in [0.3, 0.4) is 0 Å². The zero-order valence-electron chi connectivity index (χ0n) is 44.8. The van der Waals surface area contributed by atoms with E-state index in [4.69, 9.17) is 4.12 Å². The lowest BCUT2D eigenvalue weighted by molar-refractivity contribution is 0.462. The first-order valence-corrected chi connectivity index (χ1v) is 30.8. The smallest absolute Gasteiger partial charge is 0.208 e. The van der Waals surface area contributed by atoms with Gasteiger partial charge in [0, 0.05) is 64.9 Å². The third kappa shape index (κ3) is 12.1. The number of benzene rings is 9. The molecule has 9 rings (SSSR count). The van der Waals surface area contributed by atoms with E-state index < -0.39 is 56.6 Å². The Hall–Kier alpha value is -7.65. The SMILES string of the molecule is CN(C)c1ccc(-c2c(F)cccc2C(c2ccc(N(C)C)cc2)(c2ccc(N(C)C)cc2)[Si](Cc2cccc(F)c2)(Cc2cccc(F)c2)O[Si](Cc2cccc(F)c2)(Cc2cccc(F)c2)Cc2cccc(F)c2)cc1. The van der Waals surface area contributed by atoms with Gasteiger partial charge in [-0.1, -0.05) is 109 Å². The van der Waals surface area contributed by atoms with Crippen molar-refractivity contribution < 1.29 is 30.5 Å². The van der Waals surface area contributed by atoms with Crippen LogP contribution in [0.2, 0.25) is 0 Å². The molecule has 0 bridgehead atoms. The second-order valence-corrected chi connectivity index (χ2v) is 28.7. The van der Waals surface area contributed by atoms with E-state index >= 15 is 26.3 Å². The molecule has 0 amide bonds. The fourth-order valence-corrected chi connectivity index (χ4v) is 24.7. The number of hydrogen-bond donors (Lipinski definition) is 0. The second-order valence-electron chi connectivity index (χ2n) is 21.0. The fourth-order valence-electron chi connectivity index (χ4n) is 11.5. The average molecular weight is 1080 g/mol. The number of halogens is 6. The van der Waals surface area contributed by atoms with Crippen LogP contribution >= 0.6 is 0 Å². The molecule has 0 radical (unpaired) electrons. The molecule has 0 saturated heterocycles. The summed E-state index contributed by atoms with van der Waals surface area (Å²) in [5.74, 6) is -2.92. The first-order chi connectivity index (χ1) is 37.4. The molecule has 9 aromatic carbocycles. The molecule has 0 aliphatic heterocycles. The van der Waals surface area contributed by atoms with Crippen molar-refractivity contribution in [1.29, 1.82) is 0 Å². The van der Waals surface area contributed by atoms with Crippen molar-refractivity contribution in [1.82, 2.24) is 0 Å². The summed E-state index contributed by atoms with van der Waals surface area (Å²) in [7, 11) is 3.16. The molecular weight excluding hydrogens is 1020 g/mol. The van der Waals surface area contributed by atoms with Crippen molar-refractivity contribution >= 4 is 33.7 Å². The van der Waals surface area contributed by atoms with E-state index in [2.05, 4.69) is 24.3 Å². The highest BCUT2D eigenvalue weighted by Crippen LogP contribution is 2.54. The molecule has 0 unspecified atom stereocenters. The Morgan fingerprint density at radius 1 is 0.359 bits per heavy atom. The number of nitrogens with zero attached hydrogens (tertiary/aromatic N) is 3. The van der Waals surface area contributed by atoms with E-state index in [0.29, 0.717) is 55.6 Å². The van der Waals surface area contributed by atoms with Crippen molar-refractivity contribution in [2.75, 3.05) is 57.0 Å². The molecule has 4 nitrogen and oxygen atoms in total. The zero-order chi connectivity index (χ0) is 55.2. The van der Waals surface area contributed by atoms with E-state index in [1.807, 2.05) is 142 Å². The van der Waals surface area contributed by atoms with Crippen LogP contribution in [-0.2, 0) is 39.4 Å². The molecule has 9 aromatic rings. The van der Waals surface area contributed by atoms with Crippen LogP contribution in [0.1, 0.15) is 44.5 Å². The van der Waals surface area contributed by atoms with Gasteiger partial charge in [0.05, 0.1) is 5.04 Å². The topological polar surface area (TPSA) is 19.0 Å². The van der Waals surface area contributed by atoms with Gasteiger partial charge in [0.25, 0.3) is 0 Å².